The minimum atomic E-state index is -0.0667. The van der Waals surface area contributed by atoms with E-state index in [9.17, 15) is 4.79 Å². The van der Waals surface area contributed by atoms with Crippen molar-refractivity contribution in [3.8, 4) is 11.4 Å². The van der Waals surface area contributed by atoms with E-state index in [-0.39, 0.29) is 5.56 Å². The van der Waals surface area contributed by atoms with Gasteiger partial charge < -0.3 is 4.74 Å². The number of aryl methyl sites for hydroxylation is 2. The Morgan fingerprint density at radius 3 is 2.37 bits per heavy atom. The van der Waals surface area contributed by atoms with Crippen molar-refractivity contribution in [2.45, 2.75) is 59.4 Å². The maximum Gasteiger partial charge on any atom is 0.265 e. The van der Waals surface area contributed by atoms with Gasteiger partial charge in [0.2, 0.25) is 0 Å². The molecule has 0 radical (unpaired) electrons. The lowest BCUT2D eigenvalue weighted by Gasteiger charge is -2.13. The molecule has 0 atom stereocenters. The van der Waals surface area contributed by atoms with E-state index < -0.39 is 0 Å². The Bertz CT molecular complexity index is 1600. The van der Waals surface area contributed by atoms with E-state index in [0.29, 0.717) is 40.3 Å². The summed E-state index contributed by atoms with van der Waals surface area (Å²) in [4.78, 5) is 28.7. The molecule has 0 aliphatic heterocycles. The number of unbranched alkanes of at least 4 members (excludes halogenated alkanes) is 4. The van der Waals surface area contributed by atoms with Crippen LogP contribution in [0.25, 0.3) is 38.9 Å². The minimum absolute atomic E-state index is 0.0667. The molecule has 3 heterocycles. The van der Waals surface area contributed by atoms with Crippen LogP contribution in [-0.2, 0) is 6.54 Å². The lowest BCUT2D eigenvalue weighted by Crippen LogP contribution is -2.24. The van der Waals surface area contributed by atoms with Gasteiger partial charge in [0.15, 0.2) is 11.3 Å². The van der Waals surface area contributed by atoms with Gasteiger partial charge in [0.1, 0.15) is 22.5 Å². The Balaban J connectivity index is 1.81. The molecule has 0 bridgehead atoms. The largest absolute Gasteiger partial charge is 0.495 e. The van der Waals surface area contributed by atoms with Gasteiger partial charge in [-0.1, -0.05) is 50.8 Å². The maximum absolute atomic E-state index is 13.9. The van der Waals surface area contributed by atoms with Crippen molar-refractivity contribution in [2.24, 2.45) is 0 Å². The van der Waals surface area contributed by atoms with E-state index in [2.05, 4.69) is 6.92 Å². The number of rotatable bonds is 8. The summed E-state index contributed by atoms with van der Waals surface area (Å²) in [6, 6.07) is 13.7. The molecule has 0 aliphatic rings. The average Bonchev–Trinajstić information content (AvgIpc) is 3.16. The first kappa shape index (κ1) is 23.0. The van der Waals surface area contributed by atoms with Gasteiger partial charge in [-0.25, -0.2) is 15.0 Å². The smallest absolute Gasteiger partial charge is 0.265 e. The summed E-state index contributed by atoms with van der Waals surface area (Å²) < 4.78 is 9.42. The third kappa shape index (κ3) is 4.05. The molecular weight excluding hydrogens is 438 g/mol. The summed E-state index contributed by atoms with van der Waals surface area (Å²) in [6.07, 6.45) is 5.65. The molecule has 3 aromatic heterocycles. The lowest BCUT2D eigenvalue weighted by molar-refractivity contribution is 0.413. The molecule has 0 saturated carbocycles. The molecule has 2 aromatic carbocycles. The van der Waals surface area contributed by atoms with Crippen molar-refractivity contribution in [3.05, 3.63) is 64.2 Å². The van der Waals surface area contributed by atoms with Crippen molar-refractivity contribution in [1.82, 2.24) is 24.1 Å². The molecular formula is C28H31N5O2. The number of para-hydroxylation sites is 2. The molecule has 180 valence electrons. The summed E-state index contributed by atoms with van der Waals surface area (Å²) in [5.41, 5.74) is 5.05. The van der Waals surface area contributed by atoms with Gasteiger partial charge in [-0.05, 0) is 50.1 Å². The second-order valence-corrected chi connectivity index (χ2v) is 9.12. The second-order valence-electron chi connectivity index (χ2n) is 9.12. The fraction of sp³-hybridized carbons (Fsp3) is 0.357. The van der Waals surface area contributed by atoms with Gasteiger partial charge in [-0.3, -0.25) is 13.9 Å². The lowest BCUT2D eigenvalue weighted by atomic mass is 10.1. The second kappa shape index (κ2) is 9.49. The number of fused-ring (bicyclic) bond motifs is 4. The number of hydrogen-bond acceptors (Lipinski definition) is 5. The SMILES string of the molecule is CCCCCCCn1c(C)nc2c(c1=O)c1nc3ccccc3nc1n2-c1cc(C)ccc1OC. The number of hydrogen-bond donors (Lipinski definition) is 0. The quantitative estimate of drug-likeness (QED) is 0.265. The first-order chi connectivity index (χ1) is 17.0. The standard InChI is InChI=1S/C28H31N5O2/c1-5-6-7-8-11-16-32-19(3)29-26-24(28(32)34)25-27(31-21-13-10-9-12-20(21)30-25)33(26)22-17-18(2)14-15-23(22)35-4/h9-10,12-15,17H,5-8,11,16H2,1-4H3. The molecule has 7 heteroatoms. The van der Waals surface area contributed by atoms with E-state index in [1.54, 1.807) is 11.7 Å². The molecule has 0 saturated heterocycles. The van der Waals surface area contributed by atoms with Crippen LogP contribution in [0.1, 0.15) is 50.4 Å². The Morgan fingerprint density at radius 2 is 1.63 bits per heavy atom. The molecule has 5 rings (SSSR count). The average molecular weight is 470 g/mol. The van der Waals surface area contributed by atoms with Crippen LogP contribution in [0.2, 0.25) is 0 Å². The number of nitrogens with zero attached hydrogens (tertiary/aromatic N) is 5. The van der Waals surface area contributed by atoms with Crippen molar-refractivity contribution in [2.75, 3.05) is 7.11 Å². The molecule has 5 aromatic rings. The van der Waals surface area contributed by atoms with Gasteiger partial charge in [-0.15, -0.1) is 0 Å². The minimum Gasteiger partial charge on any atom is -0.495 e. The molecule has 7 nitrogen and oxygen atoms in total. The Kier molecular flexibility index (Phi) is 6.24. The molecule has 0 unspecified atom stereocenters. The van der Waals surface area contributed by atoms with Crippen LogP contribution in [0.5, 0.6) is 5.75 Å². The molecule has 0 N–H and O–H groups in total. The summed E-state index contributed by atoms with van der Waals surface area (Å²) in [6.45, 7) is 6.79. The Morgan fingerprint density at radius 1 is 0.886 bits per heavy atom. The number of methoxy groups -OCH3 is 1. The predicted octanol–water partition coefficient (Wildman–Crippen LogP) is 5.88. The highest BCUT2D eigenvalue weighted by Gasteiger charge is 2.23. The third-order valence-electron chi connectivity index (χ3n) is 6.61. The first-order valence-electron chi connectivity index (χ1n) is 12.4. The van der Waals surface area contributed by atoms with Gasteiger partial charge in [0.05, 0.1) is 23.8 Å². The van der Waals surface area contributed by atoms with Crippen molar-refractivity contribution >= 4 is 33.2 Å². The van der Waals surface area contributed by atoms with Crippen molar-refractivity contribution in [1.29, 1.82) is 0 Å². The van der Waals surface area contributed by atoms with Crippen LogP contribution in [0.3, 0.4) is 0 Å². The van der Waals surface area contributed by atoms with Crippen molar-refractivity contribution < 1.29 is 4.74 Å². The highest BCUT2D eigenvalue weighted by atomic mass is 16.5. The van der Waals surface area contributed by atoms with Crippen LogP contribution in [0, 0.1) is 13.8 Å². The zero-order chi connectivity index (χ0) is 24.5. The van der Waals surface area contributed by atoms with Crippen LogP contribution >= 0.6 is 0 Å². The van der Waals surface area contributed by atoms with Crippen LogP contribution < -0.4 is 10.3 Å². The van der Waals surface area contributed by atoms with E-state index in [4.69, 9.17) is 19.7 Å². The van der Waals surface area contributed by atoms with Crippen LogP contribution in [0.4, 0.5) is 0 Å². The first-order valence-corrected chi connectivity index (χ1v) is 12.4. The summed E-state index contributed by atoms with van der Waals surface area (Å²) in [5.74, 6) is 1.38. The molecule has 0 amide bonds. The highest BCUT2D eigenvalue weighted by Crippen LogP contribution is 2.33. The Hall–Kier alpha value is -3.74. The topological polar surface area (TPSA) is 74.8 Å². The maximum atomic E-state index is 13.9. The molecule has 0 aliphatic carbocycles. The normalized spacial score (nSPS) is 11.7. The highest BCUT2D eigenvalue weighted by molar-refractivity contribution is 6.06. The van der Waals surface area contributed by atoms with Crippen molar-refractivity contribution in [3.63, 3.8) is 0 Å². The van der Waals surface area contributed by atoms with Gasteiger partial charge in [0, 0.05) is 6.54 Å². The van der Waals surface area contributed by atoms with E-state index in [1.807, 2.05) is 60.9 Å². The molecule has 0 fully saturated rings. The zero-order valence-electron chi connectivity index (χ0n) is 20.8. The van der Waals surface area contributed by atoms with Crippen LogP contribution in [0.15, 0.2) is 47.3 Å². The van der Waals surface area contributed by atoms with E-state index >= 15 is 0 Å². The monoisotopic (exact) mass is 469 g/mol. The van der Waals surface area contributed by atoms with Gasteiger partial charge in [-0.2, -0.15) is 0 Å². The number of ether oxygens (including phenoxy) is 1. The molecule has 0 spiro atoms. The predicted molar refractivity (Wildman–Crippen MR) is 141 cm³/mol. The Labute approximate surface area is 204 Å². The fourth-order valence-electron chi connectivity index (χ4n) is 4.77. The fourth-order valence-corrected chi connectivity index (χ4v) is 4.77. The molecule has 35 heavy (non-hydrogen) atoms. The van der Waals surface area contributed by atoms with E-state index in [1.165, 1.54) is 19.3 Å². The van der Waals surface area contributed by atoms with Gasteiger partial charge >= 0.3 is 0 Å². The summed E-state index contributed by atoms with van der Waals surface area (Å²) >= 11 is 0. The van der Waals surface area contributed by atoms with Crippen LogP contribution in [-0.4, -0.2) is 31.2 Å². The van der Waals surface area contributed by atoms with E-state index in [0.717, 1.165) is 35.1 Å². The summed E-state index contributed by atoms with van der Waals surface area (Å²) in [5, 5.41) is 0.501. The zero-order valence-corrected chi connectivity index (χ0v) is 20.8. The third-order valence-corrected chi connectivity index (χ3v) is 6.61. The number of benzene rings is 2. The van der Waals surface area contributed by atoms with Gasteiger partial charge in [0.25, 0.3) is 5.56 Å². The number of aromatic nitrogens is 5. The summed E-state index contributed by atoms with van der Waals surface area (Å²) in [7, 11) is 1.65.